The lowest BCUT2D eigenvalue weighted by Gasteiger charge is -2.36. The van der Waals surface area contributed by atoms with Gasteiger partial charge in [0.05, 0.1) is 6.54 Å². The molecule has 0 unspecified atom stereocenters. The lowest BCUT2D eigenvalue weighted by Crippen LogP contribution is -2.44. The Balaban J connectivity index is 1.73. The van der Waals surface area contributed by atoms with Crippen molar-refractivity contribution in [3.05, 3.63) is 12.3 Å². The van der Waals surface area contributed by atoms with E-state index >= 15 is 0 Å². The number of likely N-dealkylation sites (tertiary alicyclic amines) is 1. The number of aromatic nitrogens is 2. The molecule has 2 rings (SSSR count). The summed E-state index contributed by atoms with van der Waals surface area (Å²) < 4.78 is 1.92. The van der Waals surface area contributed by atoms with E-state index in [4.69, 9.17) is 5.73 Å². The largest absolute Gasteiger partial charge is 0.382 e. The quantitative estimate of drug-likeness (QED) is 0.844. The standard InChI is InChI=1S/C13H25N5/c1-3-17-7-4-12(5-8-17)16(2)10-11-18-9-6-13(14)15-18/h6,9,12H,3-5,7-8,10-11H2,1-2H3,(H2,14,15). The third-order valence-electron chi connectivity index (χ3n) is 3.97. The van der Waals surface area contributed by atoms with Crippen LogP contribution in [0.3, 0.4) is 0 Å². The van der Waals surface area contributed by atoms with Crippen LogP contribution in [0.25, 0.3) is 0 Å². The van der Waals surface area contributed by atoms with Crippen LogP contribution >= 0.6 is 0 Å². The van der Waals surface area contributed by atoms with Gasteiger partial charge in [-0.2, -0.15) is 5.10 Å². The highest BCUT2D eigenvalue weighted by molar-refractivity contribution is 5.23. The van der Waals surface area contributed by atoms with Crippen molar-refractivity contribution in [2.24, 2.45) is 0 Å². The molecule has 2 N–H and O–H groups in total. The van der Waals surface area contributed by atoms with Crippen LogP contribution in [0.15, 0.2) is 12.3 Å². The maximum absolute atomic E-state index is 5.61. The molecule has 102 valence electrons. The fourth-order valence-corrected chi connectivity index (χ4v) is 2.62. The first kappa shape index (κ1) is 13.4. The molecule has 0 radical (unpaired) electrons. The highest BCUT2D eigenvalue weighted by atomic mass is 15.3. The van der Waals surface area contributed by atoms with E-state index in [1.54, 1.807) is 0 Å². The molecule has 0 atom stereocenters. The molecular weight excluding hydrogens is 226 g/mol. The number of nitrogens with zero attached hydrogens (tertiary/aromatic N) is 4. The molecule has 0 aromatic carbocycles. The predicted octanol–water partition coefficient (Wildman–Crippen LogP) is 0.881. The van der Waals surface area contributed by atoms with Crippen molar-refractivity contribution < 1.29 is 0 Å². The molecule has 0 bridgehead atoms. The molecule has 0 spiro atoms. The zero-order valence-electron chi connectivity index (χ0n) is 11.5. The summed E-state index contributed by atoms with van der Waals surface area (Å²) in [5, 5.41) is 4.21. The minimum atomic E-state index is 0.605. The van der Waals surface area contributed by atoms with E-state index in [0.717, 1.165) is 19.1 Å². The summed E-state index contributed by atoms with van der Waals surface area (Å²) in [5.74, 6) is 0.605. The highest BCUT2D eigenvalue weighted by Gasteiger charge is 2.21. The van der Waals surface area contributed by atoms with Gasteiger partial charge in [0.2, 0.25) is 0 Å². The summed E-state index contributed by atoms with van der Waals surface area (Å²) in [6.07, 6.45) is 4.51. The van der Waals surface area contributed by atoms with E-state index in [0.29, 0.717) is 5.82 Å². The number of piperidine rings is 1. The average molecular weight is 251 g/mol. The summed E-state index contributed by atoms with van der Waals surface area (Å²) in [6.45, 7) is 7.86. The molecule has 1 aromatic rings. The fourth-order valence-electron chi connectivity index (χ4n) is 2.62. The van der Waals surface area contributed by atoms with Crippen LogP contribution in [0, 0.1) is 0 Å². The monoisotopic (exact) mass is 251 g/mol. The molecule has 18 heavy (non-hydrogen) atoms. The van der Waals surface area contributed by atoms with Gasteiger partial charge < -0.3 is 15.5 Å². The second-order valence-corrected chi connectivity index (χ2v) is 5.15. The van der Waals surface area contributed by atoms with E-state index in [1.165, 1.54) is 32.5 Å². The number of hydrogen-bond donors (Lipinski definition) is 1. The van der Waals surface area contributed by atoms with Gasteiger partial charge in [-0.15, -0.1) is 0 Å². The predicted molar refractivity (Wildman–Crippen MR) is 74.4 cm³/mol. The number of nitrogens with two attached hydrogens (primary N) is 1. The van der Waals surface area contributed by atoms with Crippen LogP contribution in [-0.4, -0.2) is 58.8 Å². The van der Waals surface area contributed by atoms with Crippen molar-refractivity contribution >= 4 is 5.82 Å². The maximum Gasteiger partial charge on any atom is 0.145 e. The van der Waals surface area contributed by atoms with E-state index < -0.39 is 0 Å². The maximum atomic E-state index is 5.61. The summed E-state index contributed by atoms with van der Waals surface area (Å²) in [6, 6.07) is 2.57. The van der Waals surface area contributed by atoms with E-state index in [2.05, 4.69) is 28.9 Å². The minimum absolute atomic E-state index is 0.605. The smallest absolute Gasteiger partial charge is 0.145 e. The molecule has 5 heteroatoms. The Morgan fingerprint density at radius 3 is 2.72 bits per heavy atom. The number of nitrogen functional groups attached to an aromatic ring is 1. The highest BCUT2D eigenvalue weighted by Crippen LogP contribution is 2.14. The van der Waals surface area contributed by atoms with Gasteiger partial charge in [0.25, 0.3) is 0 Å². The zero-order chi connectivity index (χ0) is 13.0. The molecule has 0 amide bonds. The fraction of sp³-hybridized carbons (Fsp3) is 0.769. The van der Waals surface area contributed by atoms with Gasteiger partial charge in [0.15, 0.2) is 0 Å². The molecule has 1 saturated heterocycles. The SMILES string of the molecule is CCN1CCC(N(C)CCn2ccc(N)n2)CC1. The summed E-state index contributed by atoms with van der Waals surface area (Å²) in [5.41, 5.74) is 5.61. The normalized spacial score (nSPS) is 18.6. The average Bonchev–Trinajstić information content (AvgIpc) is 2.82. The lowest BCUT2D eigenvalue weighted by molar-refractivity contribution is 0.128. The lowest BCUT2D eigenvalue weighted by atomic mass is 10.0. The minimum Gasteiger partial charge on any atom is -0.382 e. The number of likely N-dealkylation sites (N-methyl/N-ethyl adjacent to an activating group) is 1. The Bertz CT molecular complexity index is 354. The Morgan fingerprint density at radius 2 is 2.17 bits per heavy atom. The van der Waals surface area contributed by atoms with Gasteiger partial charge in [-0.3, -0.25) is 4.68 Å². The second-order valence-electron chi connectivity index (χ2n) is 5.15. The molecule has 5 nitrogen and oxygen atoms in total. The molecule has 0 aliphatic carbocycles. The van der Waals surface area contributed by atoms with Crippen LogP contribution in [0.4, 0.5) is 5.82 Å². The Kier molecular flexibility index (Phi) is 4.60. The third kappa shape index (κ3) is 3.46. The first-order chi connectivity index (χ1) is 8.69. The van der Waals surface area contributed by atoms with Crippen molar-refractivity contribution in [1.29, 1.82) is 0 Å². The number of anilines is 1. The van der Waals surface area contributed by atoms with E-state index in [-0.39, 0.29) is 0 Å². The number of rotatable bonds is 5. The van der Waals surface area contributed by atoms with Crippen molar-refractivity contribution in [2.45, 2.75) is 32.4 Å². The van der Waals surface area contributed by atoms with Crippen LogP contribution in [-0.2, 0) is 6.54 Å². The van der Waals surface area contributed by atoms with Crippen LogP contribution in [0.1, 0.15) is 19.8 Å². The van der Waals surface area contributed by atoms with Crippen LogP contribution in [0.5, 0.6) is 0 Å². The molecule has 1 aromatic heterocycles. The van der Waals surface area contributed by atoms with Crippen molar-refractivity contribution in [1.82, 2.24) is 19.6 Å². The zero-order valence-corrected chi connectivity index (χ0v) is 11.5. The van der Waals surface area contributed by atoms with Crippen molar-refractivity contribution in [3.8, 4) is 0 Å². The van der Waals surface area contributed by atoms with Gasteiger partial charge in [-0.1, -0.05) is 6.92 Å². The topological polar surface area (TPSA) is 50.3 Å². The van der Waals surface area contributed by atoms with Crippen molar-refractivity contribution in [3.63, 3.8) is 0 Å². The van der Waals surface area contributed by atoms with Gasteiger partial charge >= 0.3 is 0 Å². The van der Waals surface area contributed by atoms with Crippen molar-refractivity contribution in [2.75, 3.05) is 39.0 Å². The molecule has 2 heterocycles. The van der Waals surface area contributed by atoms with Crippen LogP contribution < -0.4 is 5.73 Å². The van der Waals surface area contributed by atoms with Gasteiger partial charge in [0.1, 0.15) is 5.82 Å². The first-order valence-electron chi connectivity index (χ1n) is 6.90. The summed E-state index contributed by atoms with van der Waals surface area (Å²) in [4.78, 5) is 4.99. The Labute approximate surface area is 110 Å². The van der Waals surface area contributed by atoms with Gasteiger partial charge in [-0.25, -0.2) is 0 Å². The number of hydrogen-bond acceptors (Lipinski definition) is 4. The molecule has 0 saturated carbocycles. The molecular formula is C13H25N5. The Hall–Kier alpha value is -1.07. The third-order valence-corrected chi connectivity index (χ3v) is 3.97. The van der Waals surface area contributed by atoms with Gasteiger partial charge in [0, 0.05) is 18.8 Å². The van der Waals surface area contributed by atoms with E-state index in [1.807, 2.05) is 16.9 Å². The molecule has 1 aliphatic rings. The van der Waals surface area contributed by atoms with Gasteiger partial charge in [-0.05, 0) is 45.6 Å². The molecule has 1 aliphatic heterocycles. The second kappa shape index (κ2) is 6.20. The summed E-state index contributed by atoms with van der Waals surface area (Å²) in [7, 11) is 2.22. The van der Waals surface area contributed by atoms with Crippen LogP contribution in [0.2, 0.25) is 0 Å². The molecule has 1 fully saturated rings. The van der Waals surface area contributed by atoms with E-state index in [9.17, 15) is 0 Å². The summed E-state index contributed by atoms with van der Waals surface area (Å²) >= 11 is 0. The Morgan fingerprint density at radius 1 is 1.44 bits per heavy atom. The first-order valence-corrected chi connectivity index (χ1v) is 6.90.